The Labute approximate surface area is 149 Å². The minimum absolute atomic E-state index is 0.00797. The average Bonchev–Trinajstić information content (AvgIpc) is 2.60. The lowest BCUT2D eigenvalue weighted by Gasteiger charge is -2.16. The standard InChI is InChI=1S/C20H28N2O3/c1-5-6-11-24-15(4)13-25-18-10-8-7-9-16(18)20-21-17(14(2)3)12-19(23)22-20/h7-10,12,14-15H,5-6,11,13H2,1-4H3,(H,21,22,23). The summed E-state index contributed by atoms with van der Waals surface area (Å²) in [7, 11) is 0. The van der Waals surface area contributed by atoms with Crippen LogP contribution in [0.15, 0.2) is 35.1 Å². The third kappa shape index (κ3) is 5.71. The smallest absolute Gasteiger partial charge is 0.251 e. The summed E-state index contributed by atoms with van der Waals surface area (Å²) in [6.45, 7) is 9.37. The molecule has 1 aromatic heterocycles. The zero-order chi connectivity index (χ0) is 18.2. The Bertz CT molecular complexity index is 725. The zero-order valence-corrected chi connectivity index (χ0v) is 15.5. The number of benzene rings is 1. The molecule has 0 aliphatic heterocycles. The highest BCUT2D eigenvalue weighted by Gasteiger charge is 2.12. The first-order valence-corrected chi connectivity index (χ1v) is 8.96. The van der Waals surface area contributed by atoms with E-state index in [9.17, 15) is 4.79 Å². The number of hydrogen-bond acceptors (Lipinski definition) is 4. The second-order valence-corrected chi connectivity index (χ2v) is 6.52. The Morgan fingerprint density at radius 2 is 1.96 bits per heavy atom. The molecule has 1 unspecified atom stereocenters. The van der Waals surface area contributed by atoms with Crippen LogP contribution < -0.4 is 10.3 Å². The van der Waals surface area contributed by atoms with E-state index in [1.165, 1.54) is 0 Å². The Morgan fingerprint density at radius 1 is 1.20 bits per heavy atom. The molecule has 0 aliphatic rings. The molecule has 5 heteroatoms. The van der Waals surface area contributed by atoms with E-state index in [-0.39, 0.29) is 17.6 Å². The molecule has 0 saturated carbocycles. The largest absolute Gasteiger partial charge is 0.490 e. The number of para-hydroxylation sites is 1. The molecule has 2 rings (SSSR count). The first-order chi connectivity index (χ1) is 12.0. The maximum absolute atomic E-state index is 12.0. The van der Waals surface area contributed by atoms with E-state index in [2.05, 4.69) is 16.9 Å². The van der Waals surface area contributed by atoms with Gasteiger partial charge in [-0.15, -0.1) is 0 Å². The van der Waals surface area contributed by atoms with Crippen LogP contribution in [0.1, 0.15) is 52.1 Å². The highest BCUT2D eigenvalue weighted by atomic mass is 16.5. The molecule has 0 spiro atoms. The van der Waals surface area contributed by atoms with Crippen molar-refractivity contribution >= 4 is 0 Å². The first kappa shape index (κ1) is 19.2. The fourth-order valence-corrected chi connectivity index (χ4v) is 2.37. The highest BCUT2D eigenvalue weighted by Crippen LogP contribution is 2.27. The van der Waals surface area contributed by atoms with Crippen LogP contribution in [0.2, 0.25) is 0 Å². The first-order valence-electron chi connectivity index (χ1n) is 8.96. The predicted molar refractivity (Wildman–Crippen MR) is 100 cm³/mol. The van der Waals surface area contributed by atoms with Gasteiger partial charge in [0.05, 0.1) is 17.4 Å². The van der Waals surface area contributed by atoms with Crippen LogP contribution in [-0.2, 0) is 4.74 Å². The van der Waals surface area contributed by atoms with E-state index < -0.39 is 0 Å². The average molecular weight is 344 g/mol. The van der Waals surface area contributed by atoms with E-state index in [0.29, 0.717) is 18.2 Å². The van der Waals surface area contributed by atoms with Gasteiger partial charge >= 0.3 is 0 Å². The fourth-order valence-electron chi connectivity index (χ4n) is 2.37. The summed E-state index contributed by atoms with van der Waals surface area (Å²) in [5, 5.41) is 0. The van der Waals surface area contributed by atoms with Crippen molar-refractivity contribution in [2.45, 2.75) is 52.6 Å². The Balaban J connectivity index is 2.17. The maximum atomic E-state index is 12.0. The molecule has 2 aromatic rings. The van der Waals surface area contributed by atoms with Crippen molar-refractivity contribution in [2.24, 2.45) is 0 Å². The van der Waals surface area contributed by atoms with Crippen LogP contribution in [0.4, 0.5) is 0 Å². The lowest BCUT2D eigenvalue weighted by molar-refractivity contribution is 0.0310. The van der Waals surface area contributed by atoms with Crippen LogP contribution in [0.25, 0.3) is 11.4 Å². The molecule has 0 fully saturated rings. The molecule has 25 heavy (non-hydrogen) atoms. The van der Waals surface area contributed by atoms with Crippen molar-refractivity contribution in [1.29, 1.82) is 0 Å². The van der Waals surface area contributed by atoms with Crippen LogP contribution in [0.5, 0.6) is 5.75 Å². The number of hydrogen-bond donors (Lipinski definition) is 1. The number of rotatable bonds is 9. The molecular formula is C20H28N2O3. The molecule has 0 aliphatic carbocycles. The maximum Gasteiger partial charge on any atom is 0.251 e. The van der Waals surface area contributed by atoms with Gasteiger partial charge in [0.15, 0.2) is 0 Å². The third-order valence-corrected chi connectivity index (χ3v) is 3.87. The summed E-state index contributed by atoms with van der Waals surface area (Å²) in [5.74, 6) is 1.41. The van der Waals surface area contributed by atoms with Gasteiger partial charge in [0, 0.05) is 12.7 Å². The van der Waals surface area contributed by atoms with Gasteiger partial charge in [0.25, 0.3) is 5.56 Å². The Kier molecular flexibility index (Phi) is 7.19. The van der Waals surface area contributed by atoms with Gasteiger partial charge in [0.1, 0.15) is 18.2 Å². The second kappa shape index (κ2) is 9.37. The molecule has 0 radical (unpaired) electrons. The highest BCUT2D eigenvalue weighted by molar-refractivity contribution is 5.63. The summed E-state index contributed by atoms with van der Waals surface area (Å²) >= 11 is 0. The third-order valence-electron chi connectivity index (χ3n) is 3.87. The van der Waals surface area contributed by atoms with E-state index in [1.54, 1.807) is 6.07 Å². The van der Waals surface area contributed by atoms with Gasteiger partial charge < -0.3 is 14.5 Å². The summed E-state index contributed by atoms with van der Waals surface area (Å²) in [6.07, 6.45) is 2.17. The lowest BCUT2D eigenvalue weighted by Crippen LogP contribution is -2.19. The van der Waals surface area contributed by atoms with Crippen LogP contribution in [0, 0.1) is 0 Å². The molecule has 1 N–H and O–H groups in total. The summed E-state index contributed by atoms with van der Waals surface area (Å²) in [6, 6.07) is 9.15. The van der Waals surface area contributed by atoms with Crippen LogP contribution in [0.3, 0.4) is 0 Å². The number of ether oxygens (including phenoxy) is 2. The van der Waals surface area contributed by atoms with Crippen molar-refractivity contribution < 1.29 is 9.47 Å². The minimum Gasteiger partial charge on any atom is -0.490 e. The van der Waals surface area contributed by atoms with Crippen molar-refractivity contribution in [3.63, 3.8) is 0 Å². The quantitative estimate of drug-likeness (QED) is 0.694. The van der Waals surface area contributed by atoms with Gasteiger partial charge in [-0.1, -0.05) is 39.3 Å². The second-order valence-electron chi connectivity index (χ2n) is 6.52. The van der Waals surface area contributed by atoms with Gasteiger partial charge in [-0.05, 0) is 31.4 Å². The van der Waals surface area contributed by atoms with Gasteiger partial charge in [-0.2, -0.15) is 0 Å². The topological polar surface area (TPSA) is 64.2 Å². The number of H-pyrrole nitrogens is 1. The Hall–Kier alpha value is -2.14. The molecule has 5 nitrogen and oxygen atoms in total. The zero-order valence-electron chi connectivity index (χ0n) is 15.5. The molecule has 0 saturated heterocycles. The predicted octanol–water partition coefficient (Wildman–Crippen LogP) is 4.14. The summed E-state index contributed by atoms with van der Waals surface area (Å²) in [4.78, 5) is 19.4. The van der Waals surface area contributed by atoms with E-state index in [1.807, 2.05) is 45.0 Å². The van der Waals surface area contributed by atoms with Gasteiger partial charge in [-0.3, -0.25) is 4.79 Å². The molecule has 1 heterocycles. The number of nitrogens with one attached hydrogen (secondary N) is 1. The van der Waals surface area contributed by atoms with Crippen molar-refractivity contribution in [1.82, 2.24) is 9.97 Å². The van der Waals surface area contributed by atoms with Gasteiger partial charge in [0.2, 0.25) is 0 Å². The van der Waals surface area contributed by atoms with Crippen molar-refractivity contribution in [3.8, 4) is 17.1 Å². The van der Waals surface area contributed by atoms with Gasteiger partial charge in [-0.25, -0.2) is 4.98 Å². The molecule has 1 atom stereocenters. The Morgan fingerprint density at radius 3 is 2.68 bits per heavy atom. The monoisotopic (exact) mass is 344 g/mol. The number of nitrogens with zero attached hydrogens (tertiary/aromatic N) is 1. The lowest BCUT2D eigenvalue weighted by atomic mass is 10.1. The van der Waals surface area contributed by atoms with E-state index >= 15 is 0 Å². The summed E-state index contributed by atoms with van der Waals surface area (Å²) < 4.78 is 11.7. The van der Waals surface area contributed by atoms with Crippen LogP contribution >= 0.6 is 0 Å². The number of aromatic nitrogens is 2. The fraction of sp³-hybridized carbons (Fsp3) is 0.500. The number of aromatic amines is 1. The van der Waals surface area contributed by atoms with E-state index in [0.717, 1.165) is 30.7 Å². The number of unbranched alkanes of at least 4 members (excludes halogenated alkanes) is 1. The molecule has 1 aromatic carbocycles. The molecule has 0 amide bonds. The molecule has 0 bridgehead atoms. The molecular weight excluding hydrogens is 316 g/mol. The molecule has 136 valence electrons. The van der Waals surface area contributed by atoms with Crippen LogP contribution in [-0.4, -0.2) is 29.3 Å². The summed E-state index contributed by atoms with van der Waals surface area (Å²) in [5.41, 5.74) is 1.40. The SMILES string of the molecule is CCCCOC(C)COc1ccccc1-c1nc(C(C)C)cc(=O)[nH]1. The normalized spacial score (nSPS) is 12.4. The minimum atomic E-state index is -0.153. The van der Waals surface area contributed by atoms with Crippen molar-refractivity contribution in [2.75, 3.05) is 13.2 Å². The van der Waals surface area contributed by atoms with E-state index in [4.69, 9.17) is 9.47 Å². The van der Waals surface area contributed by atoms with Crippen molar-refractivity contribution in [3.05, 3.63) is 46.4 Å².